The molecule has 0 atom stereocenters. The maximum atomic E-state index is 13.1. The second-order valence-electron chi connectivity index (χ2n) is 4.27. The Kier molecular flexibility index (Phi) is 4.11. The topological polar surface area (TPSA) is 94.4 Å². The van der Waals surface area contributed by atoms with Crippen molar-refractivity contribution in [3.05, 3.63) is 42.2 Å². The molecule has 22 heavy (non-hydrogen) atoms. The number of fused-ring (bicyclic) bond motifs is 1. The first-order chi connectivity index (χ1) is 10.4. The number of nitrogen functional groups attached to an aromatic ring is 1. The predicted molar refractivity (Wildman–Crippen MR) is 77.6 cm³/mol. The number of allylic oxidation sites excluding steroid dienone is 1. The van der Waals surface area contributed by atoms with Crippen LogP contribution >= 0.6 is 0 Å². The molecule has 114 valence electrons. The molecule has 1 heterocycles. The number of pyridine rings is 1. The number of anilines is 1. The lowest BCUT2D eigenvalue weighted by Crippen LogP contribution is -2.26. The monoisotopic (exact) mass is 308 g/mol. The Morgan fingerprint density at radius 2 is 1.86 bits per heavy atom. The first-order valence-electron chi connectivity index (χ1n) is 6.05. The third-order valence-corrected chi connectivity index (χ3v) is 2.89. The van der Waals surface area contributed by atoms with E-state index in [2.05, 4.69) is 9.98 Å². The summed E-state index contributed by atoms with van der Waals surface area (Å²) in [5, 5.41) is 0.855. The normalized spacial score (nSPS) is 13.4. The van der Waals surface area contributed by atoms with Gasteiger partial charge in [0.15, 0.2) is 12.0 Å². The van der Waals surface area contributed by atoms with Gasteiger partial charge in [-0.25, -0.2) is 9.98 Å². The summed E-state index contributed by atoms with van der Waals surface area (Å²) < 4.78 is 39.2. The molecule has 0 spiro atoms. The van der Waals surface area contributed by atoms with Gasteiger partial charge in [-0.1, -0.05) is 24.3 Å². The summed E-state index contributed by atoms with van der Waals surface area (Å²) in [5.41, 5.74) is 8.55. The van der Waals surface area contributed by atoms with Gasteiger partial charge in [-0.3, -0.25) is 4.79 Å². The lowest BCUT2D eigenvalue weighted by molar-refractivity contribution is -0.105. The third-order valence-electron chi connectivity index (χ3n) is 2.89. The molecular formula is C14H11F3N4O. The van der Waals surface area contributed by atoms with Crippen molar-refractivity contribution in [3.63, 3.8) is 0 Å². The van der Waals surface area contributed by atoms with Crippen LogP contribution in [0.3, 0.4) is 0 Å². The summed E-state index contributed by atoms with van der Waals surface area (Å²) in [6.45, 7) is 0. The summed E-state index contributed by atoms with van der Waals surface area (Å²) in [6.07, 6.45) is -3.16. The molecule has 5 nitrogen and oxygen atoms in total. The van der Waals surface area contributed by atoms with E-state index in [0.29, 0.717) is 17.0 Å². The molecule has 0 saturated heterocycles. The zero-order valence-corrected chi connectivity index (χ0v) is 11.1. The number of hydrogen-bond acceptors (Lipinski definition) is 5. The van der Waals surface area contributed by atoms with Gasteiger partial charge in [0, 0.05) is 17.0 Å². The van der Waals surface area contributed by atoms with E-state index in [1.807, 2.05) is 0 Å². The van der Waals surface area contributed by atoms with Crippen molar-refractivity contribution in [3.8, 4) is 0 Å². The number of hydrogen-bond donors (Lipinski definition) is 2. The van der Waals surface area contributed by atoms with Crippen LogP contribution < -0.4 is 11.5 Å². The van der Waals surface area contributed by atoms with Gasteiger partial charge in [0.2, 0.25) is 0 Å². The molecule has 0 fully saturated rings. The molecule has 2 rings (SSSR count). The minimum Gasteiger partial charge on any atom is -0.404 e. The number of halogens is 3. The minimum absolute atomic E-state index is 0.000751. The van der Waals surface area contributed by atoms with Crippen LogP contribution in [0.5, 0.6) is 0 Å². The maximum Gasteiger partial charge on any atom is 0.434 e. The molecule has 0 unspecified atom stereocenters. The van der Waals surface area contributed by atoms with Gasteiger partial charge in [0.1, 0.15) is 5.82 Å². The summed E-state index contributed by atoms with van der Waals surface area (Å²) >= 11 is 0. The number of nitrogens with two attached hydrogens (primary N) is 2. The van der Waals surface area contributed by atoms with Gasteiger partial charge in [0.25, 0.3) is 0 Å². The molecular weight excluding hydrogens is 297 g/mol. The Labute approximate surface area is 123 Å². The highest BCUT2D eigenvalue weighted by atomic mass is 19.4. The van der Waals surface area contributed by atoms with E-state index in [9.17, 15) is 18.0 Å². The Hall–Kier alpha value is -2.90. The smallest absolute Gasteiger partial charge is 0.404 e. The van der Waals surface area contributed by atoms with Gasteiger partial charge >= 0.3 is 6.18 Å². The SMILES string of the molecule is NC=C(C=O)C(=Nc1cnc(N)c2ccccc12)C(F)(F)F. The molecule has 2 aromatic rings. The first kappa shape index (κ1) is 15.5. The molecule has 1 aromatic carbocycles. The number of benzene rings is 1. The van der Waals surface area contributed by atoms with Crippen LogP contribution in [0.4, 0.5) is 24.7 Å². The van der Waals surface area contributed by atoms with Crippen LogP contribution in [0.25, 0.3) is 10.8 Å². The van der Waals surface area contributed by atoms with E-state index in [4.69, 9.17) is 11.5 Å². The number of carbonyl (C=O) groups excluding carboxylic acids is 1. The van der Waals surface area contributed by atoms with E-state index in [0.717, 1.165) is 6.20 Å². The summed E-state index contributed by atoms with van der Waals surface area (Å²) in [7, 11) is 0. The summed E-state index contributed by atoms with van der Waals surface area (Å²) in [4.78, 5) is 18.1. The fourth-order valence-electron chi connectivity index (χ4n) is 1.87. The number of rotatable bonds is 3. The van der Waals surface area contributed by atoms with Crippen molar-refractivity contribution in [2.75, 3.05) is 5.73 Å². The minimum atomic E-state index is -4.84. The molecule has 0 radical (unpaired) electrons. The number of nitrogens with zero attached hydrogens (tertiary/aromatic N) is 2. The van der Waals surface area contributed by atoms with Gasteiger partial charge < -0.3 is 11.5 Å². The van der Waals surface area contributed by atoms with Gasteiger partial charge in [-0.2, -0.15) is 13.2 Å². The van der Waals surface area contributed by atoms with E-state index in [1.54, 1.807) is 24.3 Å². The Balaban J connectivity index is 2.74. The average molecular weight is 308 g/mol. The van der Waals surface area contributed by atoms with Crippen LogP contribution in [0, 0.1) is 0 Å². The van der Waals surface area contributed by atoms with E-state index >= 15 is 0 Å². The van der Waals surface area contributed by atoms with E-state index in [-0.39, 0.29) is 17.8 Å². The van der Waals surface area contributed by atoms with Crippen molar-refractivity contribution in [1.82, 2.24) is 4.98 Å². The highest BCUT2D eigenvalue weighted by Gasteiger charge is 2.38. The van der Waals surface area contributed by atoms with E-state index < -0.39 is 17.5 Å². The molecule has 1 aromatic heterocycles. The van der Waals surface area contributed by atoms with Crippen molar-refractivity contribution in [1.29, 1.82) is 0 Å². The number of alkyl halides is 3. The van der Waals surface area contributed by atoms with Crippen LogP contribution in [0.15, 0.2) is 47.2 Å². The van der Waals surface area contributed by atoms with Crippen LogP contribution in [-0.2, 0) is 4.79 Å². The number of aromatic nitrogens is 1. The largest absolute Gasteiger partial charge is 0.434 e. The highest BCUT2D eigenvalue weighted by molar-refractivity contribution is 6.18. The van der Waals surface area contributed by atoms with Crippen molar-refractivity contribution in [2.24, 2.45) is 10.7 Å². The Morgan fingerprint density at radius 3 is 2.41 bits per heavy atom. The highest BCUT2D eigenvalue weighted by Crippen LogP contribution is 2.31. The second kappa shape index (κ2) is 5.84. The molecule has 0 aliphatic heterocycles. The fraction of sp³-hybridized carbons (Fsp3) is 0.0714. The fourth-order valence-corrected chi connectivity index (χ4v) is 1.87. The number of carbonyl (C=O) groups is 1. The molecule has 0 saturated carbocycles. The quantitative estimate of drug-likeness (QED) is 0.517. The van der Waals surface area contributed by atoms with E-state index in [1.165, 1.54) is 0 Å². The molecule has 0 aliphatic carbocycles. The van der Waals surface area contributed by atoms with Crippen molar-refractivity contribution < 1.29 is 18.0 Å². The first-order valence-corrected chi connectivity index (χ1v) is 6.05. The maximum absolute atomic E-state index is 13.1. The molecule has 4 N–H and O–H groups in total. The lowest BCUT2D eigenvalue weighted by atomic mass is 10.1. The molecule has 0 aliphatic rings. The third kappa shape index (κ3) is 2.90. The zero-order valence-electron chi connectivity index (χ0n) is 11.1. The predicted octanol–water partition coefficient (Wildman–Crippen LogP) is 2.49. The van der Waals surface area contributed by atoms with Crippen molar-refractivity contribution >= 4 is 34.3 Å². The van der Waals surface area contributed by atoms with Gasteiger partial charge in [0.05, 0.1) is 17.5 Å². The molecule has 0 amide bonds. The van der Waals surface area contributed by atoms with Crippen LogP contribution in [0.1, 0.15) is 0 Å². The van der Waals surface area contributed by atoms with Crippen molar-refractivity contribution in [2.45, 2.75) is 6.18 Å². The number of aliphatic imine (C=N–C) groups is 1. The molecule has 0 bridgehead atoms. The Bertz CT molecular complexity index is 781. The standard InChI is InChI=1S/C14H11F3N4O/c15-14(16,17)12(8(5-18)7-22)21-11-6-20-13(19)10-4-2-1-3-9(10)11/h1-7H,18H2,(H2,19,20). The number of aldehydes is 1. The van der Waals surface area contributed by atoms with Gasteiger partial charge in [-0.15, -0.1) is 0 Å². The summed E-state index contributed by atoms with van der Waals surface area (Å²) in [5.74, 6) is 0.174. The zero-order chi connectivity index (χ0) is 16.3. The van der Waals surface area contributed by atoms with Gasteiger partial charge in [-0.05, 0) is 0 Å². The molecule has 8 heteroatoms. The Morgan fingerprint density at radius 1 is 1.23 bits per heavy atom. The lowest BCUT2D eigenvalue weighted by Gasteiger charge is -2.11. The summed E-state index contributed by atoms with van der Waals surface area (Å²) in [6, 6.07) is 6.49. The van der Waals surface area contributed by atoms with Crippen LogP contribution in [0.2, 0.25) is 0 Å². The second-order valence-corrected chi connectivity index (χ2v) is 4.27. The van der Waals surface area contributed by atoms with Crippen LogP contribution in [-0.4, -0.2) is 23.2 Å². The average Bonchev–Trinajstić information content (AvgIpc) is 2.49.